The van der Waals surface area contributed by atoms with E-state index in [1.54, 1.807) is 0 Å². The quantitative estimate of drug-likeness (QED) is 0.836. The van der Waals surface area contributed by atoms with Crippen LogP contribution in [0.4, 0.5) is 5.13 Å². The Labute approximate surface area is 142 Å². The number of piperidine rings is 1. The molecule has 1 aromatic rings. The summed E-state index contributed by atoms with van der Waals surface area (Å²) >= 11 is 1.49. The number of rotatable bonds is 4. The number of aromatic nitrogens is 2. The highest BCUT2D eigenvalue weighted by molar-refractivity contribution is 7.09. The van der Waals surface area contributed by atoms with Gasteiger partial charge in [-0.1, -0.05) is 6.92 Å². The van der Waals surface area contributed by atoms with Crippen molar-refractivity contribution in [3.05, 3.63) is 5.82 Å². The van der Waals surface area contributed by atoms with Gasteiger partial charge in [0.05, 0.1) is 6.54 Å². The first-order valence-corrected chi connectivity index (χ1v) is 9.54. The lowest BCUT2D eigenvalue weighted by molar-refractivity contribution is -0.135. The number of likely N-dealkylation sites (tertiary alicyclic amines) is 1. The van der Waals surface area contributed by atoms with Gasteiger partial charge >= 0.3 is 0 Å². The van der Waals surface area contributed by atoms with Gasteiger partial charge in [0.1, 0.15) is 5.82 Å². The maximum Gasteiger partial charge on any atom is 0.236 e. The van der Waals surface area contributed by atoms with Crippen LogP contribution >= 0.6 is 11.5 Å². The third-order valence-electron chi connectivity index (χ3n) is 4.90. The number of piperazine rings is 1. The average molecular weight is 337 g/mol. The Bertz CT molecular complexity index is 526. The lowest BCUT2D eigenvalue weighted by atomic mass is 10.0. The molecule has 2 saturated heterocycles. The van der Waals surface area contributed by atoms with Crippen molar-refractivity contribution in [1.82, 2.24) is 19.2 Å². The molecule has 3 heterocycles. The topological polar surface area (TPSA) is 52.6 Å². The van der Waals surface area contributed by atoms with E-state index < -0.39 is 0 Å². The molecule has 7 heteroatoms. The molecule has 1 amide bonds. The van der Waals surface area contributed by atoms with Crippen LogP contribution in [0.2, 0.25) is 0 Å². The standard InChI is InChI=1S/C16H27N5OS/c1-3-14-17-16(23-18-14)20-10-8-19(9-11-20)12-15(22)21-7-5-4-6-13(21)2/h13H,3-12H2,1-2H3. The molecule has 0 bridgehead atoms. The summed E-state index contributed by atoms with van der Waals surface area (Å²) < 4.78 is 4.36. The zero-order valence-corrected chi connectivity index (χ0v) is 15.0. The molecule has 6 nitrogen and oxygen atoms in total. The first-order valence-electron chi connectivity index (χ1n) is 8.76. The zero-order chi connectivity index (χ0) is 16.2. The fourth-order valence-electron chi connectivity index (χ4n) is 3.36. The predicted molar refractivity (Wildman–Crippen MR) is 93.0 cm³/mol. The number of aryl methyl sites for hydroxylation is 1. The molecule has 23 heavy (non-hydrogen) atoms. The summed E-state index contributed by atoms with van der Waals surface area (Å²) in [5, 5.41) is 1.03. The monoisotopic (exact) mass is 337 g/mol. The van der Waals surface area contributed by atoms with Crippen LogP contribution in [0.1, 0.15) is 38.9 Å². The minimum absolute atomic E-state index is 0.301. The summed E-state index contributed by atoms with van der Waals surface area (Å²) in [6, 6.07) is 0.409. The molecule has 0 aliphatic carbocycles. The van der Waals surface area contributed by atoms with Crippen LogP contribution in [0.5, 0.6) is 0 Å². The number of carbonyl (C=O) groups excluding carboxylic acids is 1. The summed E-state index contributed by atoms with van der Waals surface area (Å²) in [6.45, 7) is 9.47. The van der Waals surface area contributed by atoms with Crippen molar-refractivity contribution >= 4 is 22.6 Å². The van der Waals surface area contributed by atoms with Gasteiger partial charge in [0.15, 0.2) is 0 Å². The summed E-state index contributed by atoms with van der Waals surface area (Å²) in [6.07, 6.45) is 4.45. The number of nitrogens with zero attached hydrogens (tertiary/aromatic N) is 5. The van der Waals surface area contributed by atoms with Crippen LogP contribution in [0.25, 0.3) is 0 Å². The van der Waals surface area contributed by atoms with Crippen molar-refractivity contribution < 1.29 is 4.79 Å². The van der Waals surface area contributed by atoms with E-state index in [2.05, 4.69) is 37.9 Å². The molecule has 2 aliphatic heterocycles. The molecule has 3 rings (SSSR count). The molecule has 0 aromatic carbocycles. The van der Waals surface area contributed by atoms with Crippen LogP contribution in [-0.2, 0) is 11.2 Å². The molecule has 0 spiro atoms. The molecule has 128 valence electrons. The lowest BCUT2D eigenvalue weighted by Crippen LogP contribution is -2.52. The number of hydrogen-bond acceptors (Lipinski definition) is 6. The second-order valence-electron chi connectivity index (χ2n) is 6.54. The van der Waals surface area contributed by atoms with E-state index in [0.29, 0.717) is 18.5 Å². The van der Waals surface area contributed by atoms with Gasteiger partial charge in [-0.15, -0.1) is 0 Å². The third-order valence-corrected chi connectivity index (χ3v) is 5.71. The van der Waals surface area contributed by atoms with Crippen molar-refractivity contribution in [3.63, 3.8) is 0 Å². The van der Waals surface area contributed by atoms with Gasteiger partial charge in [-0.2, -0.15) is 4.37 Å². The second-order valence-corrected chi connectivity index (χ2v) is 7.27. The Morgan fingerprint density at radius 2 is 2.00 bits per heavy atom. The molecule has 0 saturated carbocycles. The average Bonchev–Trinajstić information content (AvgIpc) is 3.05. The van der Waals surface area contributed by atoms with Crippen molar-refractivity contribution in [2.45, 2.75) is 45.6 Å². The molecule has 2 aliphatic rings. The van der Waals surface area contributed by atoms with Crippen molar-refractivity contribution in [1.29, 1.82) is 0 Å². The Morgan fingerprint density at radius 1 is 1.22 bits per heavy atom. The SMILES string of the molecule is CCc1nsc(N2CCN(CC(=O)N3CCCCC3C)CC2)n1. The van der Waals surface area contributed by atoms with Crippen LogP contribution in [0.3, 0.4) is 0 Å². The highest BCUT2D eigenvalue weighted by Gasteiger charge is 2.26. The van der Waals surface area contributed by atoms with Gasteiger partial charge in [0.2, 0.25) is 11.0 Å². The fraction of sp³-hybridized carbons (Fsp3) is 0.812. The third kappa shape index (κ3) is 4.01. The smallest absolute Gasteiger partial charge is 0.236 e. The molecule has 0 radical (unpaired) electrons. The molecule has 2 fully saturated rings. The molecule has 0 N–H and O–H groups in total. The molecular formula is C16H27N5OS. The van der Waals surface area contributed by atoms with Gasteiger partial charge in [0.25, 0.3) is 0 Å². The van der Waals surface area contributed by atoms with E-state index in [0.717, 1.165) is 62.9 Å². The highest BCUT2D eigenvalue weighted by Crippen LogP contribution is 2.20. The van der Waals surface area contributed by atoms with E-state index in [-0.39, 0.29) is 0 Å². The van der Waals surface area contributed by atoms with E-state index in [1.807, 2.05) is 0 Å². The van der Waals surface area contributed by atoms with Gasteiger partial charge in [-0.05, 0) is 26.2 Å². The fourth-order valence-corrected chi connectivity index (χ4v) is 4.17. The summed E-state index contributed by atoms with van der Waals surface area (Å²) in [5.41, 5.74) is 0. The number of carbonyl (C=O) groups is 1. The van der Waals surface area contributed by atoms with Crippen molar-refractivity contribution in [2.75, 3.05) is 44.2 Å². The lowest BCUT2D eigenvalue weighted by Gasteiger charge is -2.37. The summed E-state index contributed by atoms with van der Waals surface area (Å²) in [4.78, 5) is 23.7. The van der Waals surface area contributed by atoms with Crippen LogP contribution in [-0.4, -0.2) is 70.4 Å². The van der Waals surface area contributed by atoms with E-state index in [4.69, 9.17) is 0 Å². The first-order chi connectivity index (χ1) is 11.2. The minimum atomic E-state index is 0.301. The Morgan fingerprint density at radius 3 is 2.65 bits per heavy atom. The number of anilines is 1. The van der Waals surface area contributed by atoms with Gasteiger partial charge in [-0.25, -0.2) is 4.98 Å². The van der Waals surface area contributed by atoms with Gasteiger partial charge < -0.3 is 9.80 Å². The van der Waals surface area contributed by atoms with Crippen LogP contribution in [0.15, 0.2) is 0 Å². The second kappa shape index (κ2) is 7.57. The molecule has 1 aromatic heterocycles. The van der Waals surface area contributed by atoms with Crippen molar-refractivity contribution in [2.24, 2.45) is 0 Å². The normalized spacial score (nSPS) is 23.3. The number of amides is 1. The number of hydrogen-bond donors (Lipinski definition) is 0. The summed E-state index contributed by atoms with van der Waals surface area (Å²) in [5.74, 6) is 1.23. The maximum absolute atomic E-state index is 12.5. The Balaban J connectivity index is 1.48. The molecule has 1 atom stereocenters. The largest absolute Gasteiger partial charge is 0.344 e. The van der Waals surface area contributed by atoms with Crippen molar-refractivity contribution in [3.8, 4) is 0 Å². The van der Waals surface area contributed by atoms with Crippen LogP contribution < -0.4 is 4.90 Å². The summed E-state index contributed by atoms with van der Waals surface area (Å²) in [7, 11) is 0. The zero-order valence-electron chi connectivity index (χ0n) is 14.2. The Hall–Kier alpha value is -1.21. The maximum atomic E-state index is 12.5. The highest BCUT2D eigenvalue weighted by atomic mass is 32.1. The van der Waals surface area contributed by atoms with Crippen LogP contribution in [0, 0.1) is 0 Å². The van der Waals surface area contributed by atoms with Gasteiger partial charge in [-0.3, -0.25) is 9.69 Å². The van der Waals surface area contributed by atoms with E-state index >= 15 is 0 Å². The Kier molecular flexibility index (Phi) is 5.48. The van der Waals surface area contributed by atoms with E-state index in [9.17, 15) is 4.79 Å². The van der Waals surface area contributed by atoms with E-state index in [1.165, 1.54) is 18.0 Å². The first kappa shape index (κ1) is 16.6. The molecular weight excluding hydrogens is 310 g/mol. The minimum Gasteiger partial charge on any atom is -0.344 e. The molecule has 1 unspecified atom stereocenters. The van der Waals surface area contributed by atoms with Gasteiger partial charge in [0, 0.05) is 56.7 Å². The predicted octanol–water partition coefficient (Wildman–Crippen LogP) is 1.62.